The number of aromatic nitrogens is 2. The van der Waals surface area contributed by atoms with Gasteiger partial charge in [0.15, 0.2) is 0 Å². The molecule has 0 spiro atoms. The molecule has 3 aliphatic rings. The average Bonchev–Trinajstić information content (AvgIpc) is 3.46. The van der Waals surface area contributed by atoms with Crippen LogP contribution in [0.25, 0.3) is 33.1 Å². The number of para-hydroxylation sites is 1. The number of aromatic amines is 1. The largest absolute Gasteiger partial charge is 0.497 e. The molecule has 3 amide bonds. The maximum atomic E-state index is 14.2. The molecular formula is C42H43N5O7S. The number of amides is 3. The van der Waals surface area contributed by atoms with Crippen molar-refractivity contribution in [1.82, 2.24) is 24.9 Å². The van der Waals surface area contributed by atoms with Crippen LogP contribution in [0.3, 0.4) is 0 Å². The van der Waals surface area contributed by atoms with Crippen LogP contribution in [-0.4, -0.2) is 72.3 Å². The van der Waals surface area contributed by atoms with Gasteiger partial charge in [0.05, 0.1) is 30.4 Å². The lowest BCUT2D eigenvalue weighted by atomic mass is 10.1. The second-order valence-electron chi connectivity index (χ2n) is 14.7. The molecule has 4 heterocycles. The summed E-state index contributed by atoms with van der Waals surface area (Å²) in [6.07, 6.45) is 8.17. The van der Waals surface area contributed by atoms with E-state index < -0.39 is 45.4 Å². The molecule has 3 N–H and O–H groups in total. The highest BCUT2D eigenvalue weighted by molar-refractivity contribution is 7.90. The fourth-order valence-corrected chi connectivity index (χ4v) is 9.16. The summed E-state index contributed by atoms with van der Waals surface area (Å²) in [7, 11) is -2.74. The number of pyridine rings is 1. The Morgan fingerprint density at radius 3 is 2.64 bits per heavy atom. The quantitative estimate of drug-likeness (QED) is 0.183. The van der Waals surface area contributed by atoms with Crippen molar-refractivity contribution in [3.63, 3.8) is 0 Å². The molecule has 0 radical (unpaired) electrons. The van der Waals surface area contributed by atoms with Gasteiger partial charge in [-0.1, -0.05) is 61.0 Å². The molecule has 2 aliphatic heterocycles. The van der Waals surface area contributed by atoms with Crippen LogP contribution < -0.4 is 19.5 Å². The molecular weight excluding hydrogens is 719 g/mol. The Bertz CT molecular complexity index is 2450. The van der Waals surface area contributed by atoms with Crippen LogP contribution >= 0.6 is 0 Å². The number of aryl methyl sites for hydroxylation is 1. The van der Waals surface area contributed by atoms with E-state index in [1.54, 1.807) is 13.2 Å². The molecule has 13 heteroatoms. The van der Waals surface area contributed by atoms with E-state index in [4.69, 9.17) is 14.5 Å². The second-order valence-corrected chi connectivity index (χ2v) is 16.3. The van der Waals surface area contributed by atoms with Gasteiger partial charge in [0.2, 0.25) is 11.8 Å². The summed E-state index contributed by atoms with van der Waals surface area (Å²) < 4.78 is 42.0. The lowest BCUT2D eigenvalue weighted by molar-refractivity contribution is -0.138. The van der Waals surface area contributed by atoms with Crippen LogP contribution in [-0.2, 0) is 30.8 Å². The molecule has 3 aromatic carbocycles. The van der Waals surface area contributed by atoms with Crippen molar-refractivity contribution in [1.29, 1.82) is 0 Å². The highest BCUT2D eigenvalue weighted by Crippen LogP contribution is 2.46. The van der Waals surface area contributed by atoms with E-state index in [2.05, 4.69) is 15.0 Å². The number of fused-ring (bicyclic) bond motifs is 3. The number of benzene rings is 3. The fraction of sp³-hybridized carbons (Fsp3) is 0.333. The van der Waals surface area contributed by atoms with Crippen LogP contribution in [0.15, 0.2) is 95.9 Å². The maximum Gasteiger partial charge on any atom is 0.266 e. The first kappa shape index (κ1) is 36.3. The van der Waals surface area contributed by atoms with Gasteiger partial charge in [0, 0.05) is 53.4 Å². The Kier molecular flexibility index (Phi) is 9.58. The number of likely N-dealkylation sites (tertiary alicyclic amines) is 1. The summed E-state index contributed by atoms with van der Waals surface area (Å²) >= 11 is 0. The Morgan fingerprint density at radius 2 is 1.84 bits per heavy atom. The van der Waals surface area contributed by atoms with Crippen LogP contribution in [0.1, 0.15) is 51.1 Å². The number of sulfonamides is 1. The molecule has 284 valence electrons. The van der Waals surface area contributed by atoms with Gasteiger partial charge in [-0.2, -0.15) is 0 Å². The van der Waals surface area contributed by atoms with E-state index >= 15 is 0 Å². The van der Waals surface area contributed by atoms with E-state index in [1.807, 2.05) is 78.9 Å². The number of carbonyl (C=O) groups excluding carboxylic acids is 3. The molecule has 8 rings (SSSR count). The summed E-state index contributed by atoms with van der Waals surface area (Å²) in [6.45, 7) is 1.52. The zero-order valence-corrected chi connectivity index (χ0v) is 31.5. The molecule has 2 aromatic heterocycles. The van der Waals surface area contributed by atoms with Gasteiger partial charge >= 0.3 is 0 Å². The number of nitrogens with zero attached hydrogens (tertiary/aromatic N) is 2. The first-order valence-electron chi connectivity index (χ1n) is 18.7. The van der Waals surface area contributed by atoms with Gasteiger partial charge in [0.1, 0.15) is 34.1 Å². The van der Waals surface area contributed by atoms with E-state index in [-0.39, 0.29) is 30.2 Å². The van der Waals surface area contributed by atoms with Gasteiger partial charge in [-0.3, -0.25) is 14.4 Å². The summed E-state index contributed by atoms with van der Waals surface area (Å²) in [5.74, 6) is -0.946. The third kappa shape index (κ3) is 7.16. The van der Waals surface area contributed by atoms with Gasteiger partial charge in [0.25, 0.3) is 15.9 Å². The maximum absolute atomic E-state index is 14.2. The van der Waals surface area contributed by atoms with Gasteiger partial charge < -0.3 is 24.7 Å². The lowest BCUT2D eigenvalue weighted by Gasteiger charge is -2.25. The van der Waals surface area contributed by atoms with Crippen molar-refractivity contribution >= 4 is 49.6 Å². The van der Waals surface area contributed by atoms with Gasteiger partial charge in [-0.15, -0.1) is 0 Å². The predicted octanol–water partition coefficient (Wildman–Crippen LogP) is 5.81. The molecule has 12 nitrogen and oxygen atoms in total. The molecule has 55 heavy (non-hydrogen) atoms. The monoisotopic (exact) mass is 761 g/mol. The number of H-pyrrole nitrogens is 1. The predicted molar refractivity (Wildman–Crippen MR) is 208 cm³/mol. The van der Waals surface area contributed by atoms with Gasteiger partial charge in [-0.05, 0) is 56.4 Å². The topological polar surface area (TPSA) is 160 Å². The third-order valence-electron chi connectivity index (χ3n) is 11.0. The summed E-state index contributed by atoms with van der Waals surface area (Å²) in [5, 5.41) is 4.40. The molecule has 1 saturated heterocycles. The summed E-state index contributed by atoms with van der Waals surface area (Å²) in [5.41, 5.74) is 2.09. The van der Waals surface area contributed by atoms with E-state index in [1.165, 1.54) is 17.9 Å². The third-order valence-corrected chi connectivity index (χ3v) is 12.3. The van der Waals surface area contributed by atoms with Crippen molar-refractivity contribution in [3.8, 4) is 22.8 Å². The molecule has 1 aliphatic carbocycles. The summed E-state index contributed by atoms with van der Waals surface area (Å²) in [6, 6.07) is 23.0. The zero-order valence-electron chi connectivity index (χ0n) is 30.7. The fourth-order valence-electron chi connectivity index (χ4n) is 7.93. The number of rotatable bonds is 6. The Hall–Kier alpha value is -5.69. The van der Waals surface area contributed by atoms with Crippen LogP contribution in [0, 0.1) is 5.92 Å². The SMILES string of the molecule is COc1ccc2c(O[C@@H]3C[C@@H](C(=O)N[C@]45C[C@@H]4/C=C\CCCCCc4cc6cccc(c6[nH]4)S(=O)(=O)NC5=O)N(C(C)=O)C3)cc(-c3ccccc3)nc2c1. The number of methoxy groups -OCH3 is 1. The van der Waals surface area contributed by atoms with Crippen molar-refractivity contribution < 1.29 is 32.3 Å². The first-order valence-corrected chi connectivity index (χ1v) is 20.2. The van der Waals surface area contributed by atoms with Crippen molar-refractivity contribution in [2.24, 2.45) is 5.92 Å². The number of hydrogen-bond acceptors (Lipinski definition) is 8. The Balaban J connectivity index is 1.06. The smallest absolute Gasteiger partial charge is 0.266 e. The molecule has 2 bridgehead atoms. The molecule has 4 atom stereocenters. The minimum atomic E-state index is -4.33. The molecule has 0 unspecified atom stereocenters. The van der Waals surface area contributed by atoms with Crippen molar-refractivity contribution in [2.75, 3.05) is 13.7 Å². The number of hydrogen-bond donors (Lipinski definition) is 3. The molecule has 2 fully saturated rings. The van der Waals surface area contributed by atoms with Crippen LogP contribution in [0.5, 0.6) is 11.5 Å². The summed E-state index contributed by atoms with van der Waals surface area (Å²) in [4.78, 5) is 50.9. The average molecular weight is 762 g/mol. The molecule has 1 saturated carbocycles. The number of nitrogens with one attached hydrogen (secondary N) is 3. The van der Waals surface area contributed by atoms with Gasteiger partial charge in [-0.25, -0.2) is 18.1 Å². The lowest BCUT2D eigenvalue weighted by Crippen LogP contribution is -2.56. The van der Waals surface area contributed by atoms with Crippen molar-refractivity contribution in [3.05, 3.63) is 96.7 Å². The number of ether oxygens (including phenoxy) is 2. The van der Waals surface area contributed by atoms with E-state index in [0.717, 1.165) is 54.1 Å². The second kappa shape index (κ2) is 14.5. The van der Waals surface area contributed by atoms with Crippen LogP contribution in [0.2, 0.25) is 0 Å². The van der Waals surface area contributed by atoms with E-state index in [0.29, 0.717) is 28.2 Å². The van der Waals surface area contributed by atoms with E-state index in [9.17, 15) is 22.8 Å². The minimum absolute atomic E-state index is 0.0399. The highest BCUT2D eigenvalue weighted by atomic mass is 32.2. The highest BCUT2D eigenvalue weighted by Gasteiger charge is 2.61. The zero-order chi connectivity index (χ0) is 38.3. The number of allylic oxidation sites excluding steroid dienone is 1. The standard InChI is InChI=1S/C42H43N5O7S/c1-26(48)47-25-32(54-37-23-34(27-12-7-6-8-13-27)44-35-21-31(53-2)18-19-33(35)37)22-36(47)40(49)45-42-24-29(42)15-9-4-3-5-10-16-30-20-28-14-11-17-38(39(28)43-30)55(51,52)46-41(42)50/h6-9,11-15,17-21,23,29,32,36,43H,3-5,10,16,22,24-25H2,1-2H3,(H,45,49)(H,46,50)/b15-9-/t29-,32+,36-,42+/m0/s1. The van der Waals surface area contributed by atoms with Crippen LogP contribution in [0.4, 0.5) is 0 Å². The number of carbonyl (C=O) groups is 3. The first-order chi connectivity index (χ1) is 26.5. The van der Waals surface area contributed by atoms with Crippen molar-refractivity contribution in [2.45, 2.75) is 74.4 Å². The Morgan fingerprint density at radius 1 is 1.00 bits per heavy atom. The Labute approximate surface area is 319 Å². The minimum Gasteiger partial charge on any atom is -0.497 e. The molecule has 5 aromatic rings. The normalized spacial score (nSPS) is 24.2.